The van der Waals surface area contributed by atoms with Crippen LogP contribution in [0, 0.1) is 0 Å². The number of nitrogens with zero attached hydrogens (tertiary/aromatic N) is 2. The van der Waals surface area contributed by atoms with Gasteiger partial charge in [0.05, 0.1) is 12.7 Å². The molecule has 1 fully saturated rings. The van der Waals surface area contributed by atoms with Crippen LogP contribution in [0.4, 0.5) is 5.82 Å². The average molecular weight is 180 g/mol. The third-order valence-electron chi connectivity index (χ3n) is 2.28. The van der Waals surface area contributed by atoms with Crippen molar-refractivity contribution >= 4 is 11.7 Å². The van der Waals surface area contributed by atoms with Crippen LogP contribution in [-0.4, -0.2) is 27.5 Å². The van der Waals surface area contributed by atoms with Crippen LogP contribution in [0.15, 0.2) is 6.20 Å². The minimum absolute atomic E-state index is 0.209. The van der Waals surface area contributed by atoms with Crippen LogP contribution in [0.3, 0.4) is 0 Å². The molecule has 1 amide bonds. The highest BCUT2D eigenvalue weighted by molar-refractivity contribution is 5.78. The zero-order chi connectivity index (χ0) is 9.26. The summed E-state index contributed by atoms with van der Waals surface area (Å²) in [7, 11) is 0. The maximum absolute atomic E-state index is 11.3. The number of hydrogen-bond acceptors (Lipinski definition) is 3. The van der Waals surface area contributed by atoms with Crippen molar-refractivity contribution in [3.05, 3.63) is 11.8 Å². The molecule has 1 aliphatic heterocycles. The molecule has 2 heterocycles. The normalized spacial score (nSPS) is 16.9. The van der Waals surface area contributed by atoms with Gasteiger partial charge in [0.25, 0.3) is 0 Å². The monoisotopic (exact) mass is 180 g/mol. The molecule has 3 N–H and O–H groups in total. The quantitative estimate of drug-likeness (QED) is 0.678. The maximum atomic E-state index is 11.3. The second kappa shape index (κ2) is 3.08. The number of H-pyrrole nitrogens is 1. The Morgan fingerprint density at radius 3 is 3.08 bits per heavy atom. The molecular weight excluding hydrogens is 168 g/mol. The minimum atomic E-state index is 0.209. The zero-order valence-electron chi connectivity index (χ0n) is 7.29. The average Bonchev–Trinajstić information content (AvgIpc) is 2.65. The van der Waals surface area contributed by atoms with Gasteiger partial charge in [-0.15, -0.1) is 0 Å². The summed E-state index contributed by atoms with van der Waals surface area (Å²) in [6, 6.07) is 0. The molecule has 1 aromatic heterocycles. The van der Waals surface area contributed by atoms with E-state index in [1.165, 1.54) is 0 Å². The van der Waals surface area contributed by atoms with Gasteiger partial charge in [0, 0.05) is 18.5 Å². The lowest BCUT2D eigenvalue weighted by Gasteiger charge is -2.13. The second-order valence-electron chi connectivity index (χ2n) is 3.23. The van der Waals surface area contributed by atoms with E-state index >= 15 is 0 Å². The molecule has 0 saturated carbocycles. The molecule has 1 aliphatic rings. The molecule has 0 radical (unpaired) electrons. The molecule has 5 heteroatoms. The zero-order valence-corrected chi connectivity index (χ0v) is 7.29. The van der Waals surface area contributed by atoms with Gasteiger partial charge in [0.1, 0.15) is 5.82 Å². The van der Waals surface area contributed by atoms with Gasteiger partial charge in [-0.25, -0.2) is 0 Å². The molecule has 0 aliphatic carbocycles. The Hall–Kier alpha value is -1.52. The molecule has 5 nitrogen and oxygen atoms in total. The number of anilines is 1. The highest BCUT2D eigenvalue weighted by atomic mass is 16.2. The number of likely N-dealkylation sites (tertiary alicyclic amines) is 1. The van der Waals surface area contributed by atoms with Crippen molar-refractivity contribution in [2.75, 3.05) is 12.3 Å². The molecule has 0 bridgehead atoms. The first kappa shape index (κ1) is 8.10. The summed E-state index contributed by atoms with van der Waals surface area (Å²) in [6.07, 6.45) is 3.29. The number of nitrogens with one attached hydrogen (secondary N) is 1. The summed E-state index contributed by atoms with van der Waals surface area (Å²) >= 11 is 0. The molecule has 70 valence electrons. The van der Waals surface area contributed by atoms with Crippen LogP contribution in [0.1, 0.15) is 18.4 Å². The fourth-order valence-corrected chi connectivity index (χ4v) is 1.52. The first-order valence-corrected chi connectivity index (χ1v) is 4.33. The standard InChI is InChI=1S/C8H12N4O/c9-8-6(4-10-11-8)5-12-3-1-2-7(12)13/h4H,1-3,5H2,(H3,9,10,11). The van der Waals surface area contributed by atoms with E-state index in [1.807, 2.05) is 0 Å². The minimum Gasteiger partial charge on any atom is -0.384 e. The number of nitrogen functional groups attached to an aromatic ring is 1. The van der Waals surface area contributed by atoms with E-state index in [0.29, 0.717) is 18.8 Å². The van der Waals surface area contributed by atoms with Crippen LogP contribution >= 0.6 is 0 Å². The fourth-order valence-electron chi connectivity index (χ4n) is 1.52. The SMILES string of the molecule is Nc1[nH]ncc1CN1CCCC1=O. The summed E-state index contributed by atoms with van der Waals surface area (Å²) in [5.74, 6) is 0.764. The van der Waals surface area contributed by atoms with Gasteiger partial charge in [-0.2, -0.15) is 5.10 Å². The van der Waals surface area contributed by atoms with Gasteiger partial charge in [-0.1, -0.05) is 0 Å². The molecular formula is C8H12N4O. The topological polar surface area (TPSA) is 75.0 Å². The number of amides is 1. The summed E-state index contributed by atoms with van der Waals surface area (Å²) < 4.78 is 0. The molecule has 0 aromatic carbocycles. The Bertz CT molecular complexity index is 320. The van der Waals surface area contributed by atoms with Crippen molar-refractivity contribution in [2.45, 2.75) is 19.4 Å². The third kappa shape index (κ3) is 1.49. The lowest BCUT2D eigenvalue weighted by atomic mass is 10.3. The molecule has 0 spiro atoms. The van der Waals surface area contributed by atoms with Crippen molar-refractivity contribution in [3.63, 3.8) is 0 Å². The lowest BCUT2D eigenvalue weighted by Crippen LogP contribution is -2.24. The molecule has 13 heavy (non-hydrogen) atoms. The first-order valence-electron chi connectivity index (χ1n) is 4.33. The van der Waals surface area contributed by atoms with Crippen LogP contribution in [0.5, 0.6) is 0 Å². The van der Waals surface area contributed by atoms with E-state index in [4.69, 9.17) is 5.73 Å². The molecule has 0 atom stereocenters. The van der Waals surface area contributed by atoms with Crippen LogP contribution in [0.2, 0.25) is 0 Å². The van der Waals surface area contributed by atoms with Crippen LogP contribution < -0.4 is 5.73 Å². The van der Waals surface area contributed by atoms with E-state index in [0.717, 1.165) is 18.5 Å². The molecule has 0 unspecified atom stereocenters. The van der Waals surface area contributed by atoms with Gasteiger partial charge in [0.2, 0.25) is 5.91 Å². The fraction of sp³-hybridized carbons (Fsp3) is 0.500. The van der Waals surface area contributed by atoms with Gasteiger partial charge in [-0.3, -0.25) is 9.89 Å². The van der Waals surface area contributed by atoms with Crippen LogP contribution in [0.25, 0.3) is 0 Å². The smallest absolute Gasteiger partial charge is 0.222 e. The number of hydrogen-bond donors (Lipinski definition) is 2. The predicted molar refractivity (Wildman–Crippen MR) is 47.7 cm³/mol. The Kier molecular flexibility index (Phi) is 1.92. The van der Waals surface area contributed by atoms with Gasteiger partial charge < -0.3 is 10.6 Å². The lowest BCUT2D eigenvalue weighted by molar-refractivity contribution is -0.128. The number of rotatable bonds is 2. The molecule has 1 saturated heterocycles. The van der Waals surface area contributed by atoms with Crippen molar-refractivity contribution in [1.82, 2.24) is 15.1 Å². The van der Waals surface area contributed by atoms with Gasteiger partial charge in [0.15, 0.2) is 0 Å². The Balaban J connectivity index is 2.06. The van der Waals surface area contributed by atoms with Gasteiger partial charge in [-0.05, 0) is 6.42 Å². The van der Waals surface area contributed by atoms with E-state index in [1.54, 1.807) is 11.1 Å². The van der Waals surface area contributed by atoms with Gasteiger partial charge >= 0.3 is 0 Å². The van der Waals surface area contributed by atoms with Crippen molar-refractivity contribution in [1.29, 1.82) is 0 Å². The predicted octanol–water partition coefficient (Wildman–Crippen LogP) is 0.114. The van der Waals surface area contributed by atoms with E-state index in [-0.39, 0.29) is 5.91 Å². The summed E-state index contributed by atoms with van der Waals surface area (Å²) in [5, 5.41) is 6.45. The van der Waals surface area contributed by atoms with Crippen molar-refractivity contribution in [2.24, 2.45) is 0 Å². The molecule has 1 aromatic rings. The molecule has 2 rings (SSSR count). The van der Waals surface area contributed by atoms with Crippen molar-refractivity contribution < 1.29 is 4.79 Å². The number of aromatic amines is 1. The second-order valence-corrected chi connectivity index (χ2v) is 3.23. The number of carbonyl (C=O) groups is 1. The van der Waals surface area contributed by atoms with Crippen LogP contribution in [-0.2, 0) is 11.3 Å². The van der Waals surface area contributed by atoms with E-state index < -0.39 is 0 Å². The van der Waals surface area contributed by atoms with E-state index in [9.17, 15) is 4.79 Å². The Morgan fingerprint density at radius 2 is 2.54 bits per heavy atom. The number of nitrogens with two attached hydrogens (primary N) is 1. The highest BCUT2D eigenvalue weighted by Crippen LogP contribution is 2.16. The largest absolute Gasteiger partial charge is 0.384 e. The number of aromatic nitrogens is 2. The van der Waals surface area contributed by atoms with Crippen molar-refractivity contribution in [3.8, 4) is 0 Å². The summed E-state index contributed by atoms with van der Waals surface area (Å²) in [5.41, 5.74) is 6.51. The van der Waals surface area contributed by atoms with E-state index in [2.05, 4.69) is 10.2 Å². The summed E-state index contributed by atoms with van der Waals surface area (Å²) in [4.78, 5) is 13.1. The highest BCUT2D eigenvalue weighted by Gasteiger charge is 2.20. The third-order valence-corrected chi connectivity index (χ3v) is 2.28. The Labute approximate surface area is 75.9 Å². The first-order chi connectivity index (χ1) is 6.27. The number of carbonyl (C=O) groups excluding carboxylic acids is 1. The maximum Gasteiger partial charge on any atom is 0.222 e. The Morgan fingerprint density at radius 1 is 1.69 bits per heavy atom. The summed E-state index contributed by atoms with van der Waals surface area (Å²) in [6.45, 7) is 1.42.